The smallest absolute Gasteiger partial charge is 0.306 e. The van der Waals surface area contributed by atoms with Crippen molar-refractivity contribution in [1.82, 2.24) is 10.6 Å². The van der Waals surface area contributed by atoms with Gasteiger partial charge in [-0.05, 0) is 59.4 Å². The number of ether oxygens (including phenoxy) is 1. The number of nitrogens with one attached hydrogen (secondary N) is 2. The maximum Gasteiger partial charge on any atom is 0.306 e. The molecule has 0 aliphatic rings. The number of ketones is 2. The van der Waals surface area contributed by atoms with Gasteiger partial charge < -0.3 is 32.6 Å². The molecule has 0 bridgehead atoms. The van der Waals surface area contributed by atoms with Gasteiger partial charge in [-0.25, -0.2) is 0 Å². The lowest BCUT2D eigenvalue weighted by molar-refractivity contribution is -0.149. The number of esters is 1. The molecule has 0 saturated carbocycles. The van der Waals surface area contributed by atoms with Crippen LogP contribution in [0.1, 0.15) is 77.3 Å². The summed E-state index contributed by atoms with van der Waals surface area (Å²) in [5, 5.41) is 7.30. The van der Waals surface area contributed by atoms with Crippen LogP contribution in [0.15, 0.2) is 77.8 Å². The van der Waals surface area contributed by atoms with Crippen LogP contribution in [0.25, 0.3) is 10.8 Å². The highest BCUT2D eigenvalue weighted by molar-refractivity contribution is 6.39. The SMILES string of the molecule is CC[C@H](C)C(NC(=O)[C@@H](CC(=O)OCc1ccccc1)CC(C)C)C(=O)C(=O)N[C@@H](CCCN=C(N)N)C(=O)C[C@H](Cc1ccc2ccccc2c1)C(N)=O. The summed E-state index contributed by atoms with van der Waals surface area (Å²) in [7, 11) is 0. The van der Waals surface area contributed by atoms with Crippen molar-refractivity contribution >= 4 is 52.0 Å². The number of benzene rings is 3. The van der Waals surface area contributed by atoms with Crippen LogP contribution in [0.2, 0.25) is 0 Å². The lowest BCUT2D eigenvalue weighted by Gasteiger charge is -2.27. The molecule has 0 spiro atoms. The molecule has 0 aliphatic heterocycles. The minimum Gasteiger partial charge on any atom is -0.461 e. The molecule has 3 aromatic rings. The molecule has 0 aliphatic carbocycles. The highest BCUT2D eigenvalue weighted by Gasteiger charge is 2.36. The summed E-state index contributed by atoms with van der Waals surface area (Å²) in [6, 6.07) is 20.2. The first kappa shape index (κ1) is 43.8. The normalized spacial score (nSPS) is 13.8. The van der Waals surface area contributed by atoms with Gasteiger partial charge in [0.1, 0.15) is 6.61 Å². The number of fused-ring (bicyclic) bond motifs is 1. The Hall–Kier alpha value is -5.59. The second kappa shape index (κ2) is 21.9. The van der Waals surface area contributed by atoms with Crippen molar-refractivity contribution in [2.45, 2.75) is 91.3 Å². The van der Waals surface area contributed by atoms with E-state index in [1.54, 1.807) is 6.92 Å². The second-order valence-electron chi connectivity index (χ2n) is 14.5. The Morgan fingerprint density at radius 2 is 1.45 bits per heavy atom. The summed E-state index contributed by atoms with van der Waals surface area (Å²) in [6.07, 6.45) is 0.818. The van der Waals surface area contributed by atoms with E-state index in [1.165, 1.54) is 0 Å². The zero-order valence-corrected chi connectivity index (χ0v) is 32.3. The average Bonchev–Trinajstić information content (AvgIpc) is 3.15. The molecule has 3 rings (SSSR count). The molecule has 3 aromatic carbocycles. The highest BCUT2D eigenvalue weighted by Crippen LogP contribution is 2.22. The maximum absolute atomic E-state index is 13.8. The Labute approximate surface area is 323 Å². The van der Waals surface area contributed by atoms with Crippen LogP contribution in [0.4, 0.5) is 0 Å². The van der Waals surface area contributed by atoms with Crippen molar-refractivity contribution in [1.29, 1.82) is 0 Å². The minimum absolute atomic E-state index is 0.0370. The third-order valence-electron chi connectivity index (χ3n) is 9.58. The molecule has 55 heavy (non-hydrogen) atoms. The molecule has 0 radical (unpaired) electrons. The van der Waals surface area contributed by atoms with Crippen LogP contribution in [0.5, 0.6) is 0 Å². The Balaban J connectivity index is 1.76. The van der Waals surface area contributed by atoms with Gasteiger partial charge in [0.25, 0.3) is 5.91 Å². The predicted octanol–water partition coefficient (Wildman–Crippen LogP) is 3.88. The molecule has 13 heteroatoms. The van der Waals surface area contributed by atoms with Crippen LogP contribution in [-0.4, -0.2) is 59.8 Å². The molecule has 0 saturated heterocycles. The number of hydrogen-bond donors (Lipinski definition) is 5. The highest BCUT2D eigenvalue weighted by atomic mass is 16.5. The Morgan fingerprint density at radius 3 is 2.09 bits per heavy atom. The van der Waals surface area contributed by atoms with Crippen molar-refractivity contribution in [2.24, 2.45) is 45.9 Å². The van der Waals surface area contributed by atoms with Gasteiger partial charge in [0.2, 0.25) is 17.6 Å². The molecule has 296 valence electrons. The monoisotopic (exact) mass is 756 g/mol. The van der Waals surface area contributed by atoms with Crippen molar-refractivity contribution in [3.05, 3.63) is 83.9 Å². The summed E-state index contributed by atoms with van der Waals surface area (Å²) >= 11 is 0. The quantitative estimate of drug-likeness (QED) is 0.0311. The summed E-state index contributed by atoms with van der Waals surface area (Å²) in [5.41, 5.74) is 18.3. The summed E-state index contributed by atoms with van der Waals surface area (Å²) in [6.45, 7) is 7.58. The number of carbonyl (C=O) groups is 6. The van der Waals surface area contributed by atoms with Crippen LogP contribution in [0.3, 0.4) is 0 Å². The Morgan fingerprint density at radius 1 is 0.782 bits per heavy atom. The fourth-order valence-electron chi connectivity index (χ4n) is 6.32. The standard InChI is InChI=1S/C42H56N6O7/c1-5-27(4)37(48-40(53)33(20-26(2)3)24-36(50)55-25-28-12-7-6-8-13-28)38(51)41(54)47-34(16-11-19-46-42(44)45)35(49)23-32(39(43)52)22-29-17-18-30-14-9-10-15-31(30)21-29/h6-10,12-15,17-18,21,26-27,32-34,37H,5,11,16,19-20,22-25H2,1-4H3,(H2,43,52)(H,47,54)(H,48,53)(H4,44,45,46)/t27-,32-,33+,34-,37?/m0/s1. The number of nitrogens with two attached hydrogens (primary N) is 3. The topological polar surface area (TPSA) is 226 Å². The fraction of sp³-hybridized carbons (Fsp3) is 0.452. The van der Waals surface area contributed by atoms with Crippen molar-refractivity contribution < 1.29 is 33.5 Å². The van der Waals surface area contributed by atoms with Gasteiger partial charge in [0, 0.05) is 24.8 Å². The van der Waals surface area contributed by atoms with E-state index in [-0.39, 0.29) is 57.1 Å². The summed E-state index contributed by atoms with van der Waals surface area (Å²) < 4.78 is 5.43. The van der Waals surface area contributed by atoms with Gasteiger partial charge in [-0.3, -0.25) is 33.8 Å². The van der Waals surface area contributed by atoms with E-state index in [1.807, 2.05) is 93.6 Å². The third kappa shape index (κ3) is 14.6. The van der Waals surface area contributed by atoms with Gasteiger partial charge in [0.15, 0.2) is 11.7 Å². The lowest BCUT2D eigenvalue weighted by Crippen LogP contribution is -2.54. The number of guanidine groups is 1. The van der Waals surface area contributed by atoms with Crippen molar-refractivity contribution in [2.75, 3.05) is 6.54 Å². The summed E-state index contributed by atoms with van der Waals surface area (Å²) in [5.74, 6) is -6.58. The number of hydrogen-bond acceptors (Lipinski definition) is 8. The minimum atomic E-state index is -1.24. The average molecular weight is 757 g/mol. The number of amides is 3. The molecular formula is C42H56N6O7. The molecule has 0 fully saturated rings. The summed E-state index contributed by atoms with van der Waals surface area (Å²) in [4.78, 5) is 84.3. The van der Waals surface area contributed by atoms with Gasteiger partial charge in [-0.2, -0.15) is 0 Å². The van der Waals surface area contributed by atoms with Crippen molar-refractivity contribution in [3.63, 3.8) is 0 Å². The number of rotatable bonds is 23. The van der Waals surface area contributed by atoms with Gasteiger partial charge in [-0.15, -0.1) is 0 Å². The molecular weight excluding hydrogens is 700 g/mol. The predicted molar refractivity (Wildman–Crippen MR) is 212 cm³/mol. The first-order chi connectivity index (χ1) is 26.2. The molecule has 0 aromatic heterocycles. The van der Waals surface area contributed by atoms with E-state index >= 15 is 0 Å². The van der Waals surface area contributed by atoms with Gasteiger partial charge in [0.05, 0.1) is 18.5 Å². The molecule has 3 amide bonds. The van der Waals surface area contributed by atoms with E-state index in [0.717, 1.165) is 21.9 Å². The largest absolute Gasteiger partial charge is 0.461 e. The van der Waals surface area contributed by atoms with E-state index < -0.39 is 65.1 Å². The van der Waals surface area contributed by atoms with E-state index in [0.29, 0.717) is 12.8 Å². The molecule has 0 heterocycles. The Kier molecular flexibility index (Phi) is 17.5. The van der Waals surface area contributed by atoms with E-state index in [4.69, 9.17) is 21.9 Å². The second-order valence-corrected chi connectivity index (χ2v) is 14.5. The molecule has 1 unspecified atom stereocenters. The number of nitrogens with zero attached hydrogens (tertiary/aromatic N) is 1. The number of carbonyl (C=O) groups excluding carboxylic acids is 6. The van der Waals surface area contributed by atoms with Crippen molar-refractivity contribution in [3.8, 4) is 0 Å². The van der Waals surface area contributed by atoms with Crippen LogP contribution in [-0.2, 0) is 46.5 Å². The third-order valence-corrected chi connectivity index (χ3v) is 9.58. The van der Waals surface area contributed by atoms with Gasteiger partial charge >= 0.3 is 5.97 Å². The molecule has 8 N–H and O–H groups in total. The van der Waals surface area contributed by atoms with E-state index in [2.05, 4.69) is 15.6 Å². The zero-order valence-electron chi connectivity index (χ0n) is 32.3. The van der Waals surface area contributed by atoms with Gasteiger partial charge in [-0.1, -0.05) is 107 Å². The van der Waals surface area contributed by atoms with Crippen LogP contribution >= 0.6 is 0 Å². The Bertz CT molecular complexity index is 1810. The zero-order chi connectivity index (χ0) is 40.5. The molecule has 5 atom stereocenters. The molecule has 13 nitrogen and oxygen atoms in total. The first-order valence-corrected chi connectivity index (χ1v) is 18.9. The van der Waals surface area contributed by atoms with Crippen LogP contribution in [0, 0.1) is 23.7 Å². The number of primary amides is 1. The maximum atomic E-state index is 13.8. The lowest BCUT2D eigenvalue weighted by atomic mass is 9.89. The van der Waals surface area contributed by atoms with E-state index in [9.17, 15) is 28.8 Å². The number of aliphatic imine (C=N–C) groups is 1. The number of Topliss-reactive ketones (excluding diaryl/α,β-unsaturated/α-hetero) is 2. The fourth-order valence-corrected chi connectivity index (χ4v) is 6.32. The first-order valence-electron chi connectivity index (χ1n) is 18.9. The van der Waals surface area contributed by atoms with Crippen LogP contribution < -0.4 is 27.8 Å².